The number of hydrogen-bond acceptors (Lipinski definition) is 5. The molecule has 1 aliphatic heterocycles. The first-order valence-corrected chi connectivity index (χ1v) is 5.25. The van der Waals surface area contributed by atoms with Crippen LogP contribution in [0.1, 0.15) is 6.42 Å². The van der Waals surface area contributed by atoms with E-state index >= 15 is 0 Å². The van der Waals surface area contributed by atoms with Crippen LogP contribution in [0.25, 0.3) is 0 Å². The smallest absolute Gasteiger partial charge is 0.228 e. The molecule has 2 heterocycles. The number of rotatable bonds is 3. The molecule has 1 aromatic heterocycles. The molecular formula is C11H14N4O2. The van der Waals surface area contributed by atoms with E-state index in [1.165, 1.54) is 7.11 Å². The van der Waals surface area contributed by atoms with E-state index in [0.717, 1.165) is 0 Å². The Bertz CT molecular complexity index is 461. The SMILES string of the molecule is C=CC1CC(=O)N(c2cc(OC)nc(N)n2)C1. The summed E-state index contributed by atoms with van der Waals surface area (Å²) in [5.74, 6) is 1.08. The first-order chi connectivity index (χ1) is 8.13. The molecule has 17 heavy (non-hydrogen) atoms. The third-order valence-corrected chi connectivity index (χ3v) is 2.68. The van der Waals surface area contributed by atoms with E-state index in [1.54, 1.807) is 17.0 Å². The van der Waals surface area contributed by atoms with Gasteiger partial charge in [0.05, 0.1) is 7.11 Å². The number of methoxy groups -OCH3 is 1. The highest BCUT2D eigenvalue weighted by Crippen LogP contribution is 2.26. The zero-order chi connectivity index (χ0) is 12.4. The van der Waals surface area contributed by atoms with Crippen LogP contribution in [0.2, 0.25) is 0 Å². The topological polar surface area (TPSA) is 81.3 Å². The molecule has 0 aliphatic carbocycles. The summed E-state index contributed by atoms with van der Waals surface area (Å²) in [5, 5.41) is 0. The first-order valence-electron chi connectivity index (χ1n) is 5.25. The third kappa shape index (κ3) is 2.20. The molecule has 1 atom stereocenters. The van der Waals surface area contributed by atoms with Crippen molar-refractivity contribution in [3.63, 3.8) is 0 Å². The molecule has 1 saturated heterocycles. The second-order valence-electron chi connectivity index (χ2n) is 3.83. The number of nitrogen functional groups attached to an aromatic ring is 1. The monoisotopic (exact) mass is 234 g/mol. The number of aromatic nitrogens is 2. The van der Waals surface area contributed by atoms with Crippen molar-refractivity contribution < 1.29 is 9.53 Å². The van der Waals surface area contributed by atoms with Crippen molar-refractivity contribution in [3.05, 3.63) is 18.7 Å². The minimum Gasteiger partial charge on any atom is -0.481 e. The lowest BCUT2D eigenvalue weighted by atomic mass is 10.1. The van der Waals surface area contributed by atoms with Gasteiger partial charge in [0.25, 0.3) is 0 Å². The van der Waals surface area contributed by atoms with E-state index in [2.05, 4.69) is 16.5 Å². The van der Waals surface area contributed by atoms with Gasteiger partial charge in [0, 0.05) is 24.9 Å². The van der Waals surface area contributed by atoms with E-state index in [1.807, 2.05) is 0 Å². The molecule has 6 nitrogen and oxygen atoms in total. The van der Waals surface area contributed by atoms with Crippen LogP contribution in [0.15, 0.2) is 18.7 Å². The summed E-state index contributed by atoms with van der Waals surface area (Å²) in [6.07, 6.45) is 2.23. The zero-order valence-corrected chi connectivity index (χ0v) is 9.59. The molecule has 0 saturated carbocycles. The van der Waals surface area contributed by atoms with Gasteiger partial charge in [0.1, 0.15) is 5.82 Å². The van der Waals surface area contributed by atoms with Crippen molar-refractivity contribution in [1.82, 2.24) is 9.97 Å². The maximum absolute atomic E-state index is 11.8. The maximum atomic E-state index is 11.8. The predicted octanol–water partition coefficient (Wildman–Crippen LogP) is 0.606. The molecular weight excluding hydrogens is 220 g/mol. The second-order valence-corrected chi connectivity index (χ2v) is 3.83. The molecule has 90 valence electrons. The number of amides is 1. The minimum atomic E-state index is 0.00931. The normalized spacial score (nSPS) is 19.5. The van der Waals surface area contributed by atoms with Crippen LogP contribution in [-0.2, 0) is 4.79 Å². The summed E-state index contributed by atoms with van der Waals surface area (Å²) >= 11 is 0. The number of ether oxygens (including phenoxy) is 1. The van der Waals surface area contributed by atoms with E-state index in [-0.39, 0.29) is 17.8 Å². The lowest BCUT2D eigenvalue weighted by Gasteiger charge is -2.15. The van der Waals surface area contributed by atoms with Crippen molar-refractivity contribution in [2.45, 2.75) is 6.42 Å². The number of carbonyl (C=O) groups is 1. The van der Waals surface area contributed by atoms with Crippen LogP contribution >= 0.6 is 0 Å². The maximum Gasteiger partial charge on any atom is 0.228 e. The molecule has 1 aromatic rings. The average Bonchev–Trinajstić information content (AvgIpc) is 2.69. The van der Waals surface area contributed by atoms with E-state index in [0.29, 0.717) is 24.7 Å². The predicted molar refractivity (Wildman–Crippen MR) is 63.7 cm³/mol. The fraction of sp³-hybridized carbons (Fsp3) is 0.364. The van der Waals surface area contributed by atoms with Crippen molar-refractivity contribution >= 4 is 17.7 Å². The van der Waals surface area contributed by atoms with Crippen LogP contribution in [0, 0.1) is 5.92 Å². The van der Waals surface area contributed by atoms with Crippen molar-refractivity contribution in [2.75, 3.05) is 24.3 Å². The quantitative estimate of drug-likeness (QED) is 0.775. The molecule has 1 amide bonds. The van der Waals surface area contributed by atoms with Crippen LogP contribution in [0.3, 0.4) is 0 Å². The van der Waals surface area contributed by atoms with E-state index in [4.69, 9.17) is 10.5 Å². The van der Waals surface area contributed by atoms with Gasteiger partial charge in [-0.25, -0.2) is 0 Å². The van der Waals surface area contributed by atoms with Crippen LogP contribution in [-0.4, -0.2) is 29.5 Å². The first kappa shape index (κ1) is 11.4. The van der Waals surface area contributed by atoms with Crippen molar-refractivity contribution in [1.29, 1.82) is 0 Å². The standard InChI is InChI=1S/C11H14N4O2/c1-3-7-4-10(16)15(6-7)8-5-9(17-2)14-11(12)13-8/h3,5,7H,1,4,6H2,2H3,(H2,12,13,14). The molecule has 0 spiro atoms. The van der Waals surface area contributed by atoms with Gasteiger partial charge in [0.15, 0.2) is 0 Å². The summed E-state index contributed by atoms with van der Waals surface area (Å²) in [6.45, 7) is 4.27. The van der Waals surface area contributed by atoms with Gasteiger partial charge in [-0.05, 0) is 0 Å². The van der Waals surface area contributed by atoms with Gasteiger partial charge >= 0.3 is 0 Å². The van der Waals surface area contributed by atoms with Crippen LogP contribution < -0.4 is 15.4 Å². The summed E-state index contributed by atoms with van der Waals surface area (Å²) in [7, 11) is 1.49. The molecule has 1 unspecified atom stereocenters. The fourth-order valence-corrected chi connectivity index (χ4v) is 1.79. The van der Waals surface area contributed by atoms with Gasteiger partial charge in [0.2, 0.25) is 17.7 Å². The van der Waals surface area contributed by atoms with Gasteiger partial charge in [-0.3, -0.25) is 9.69 Å². The molecule has 2 N–H and O–H groups in total. The highest BCUT2D eigenvalue weighted by atomic mass is 16.5. The number of anilines is 2. The molecule has 0 radical (unpaired) electrons. The lowest BCUT2D eigenvalue weighted by Crippen LogP contribution is -2.25. The van der Waals surface area contributed by atoms with Crippen LogP contribution in [0.4, 0.5) is 11.8 Å². The Morgan fingerprint density at radius 3 is 3.00 bits per heavy atom. The van der Waals surface area contributed by atoms with Crippen molar-refractivity contribution in [3.8, 4) is 5.88 Å². The average molecular weight is 234 g/mol. The number of hydrogen-bond donors (Lipinski definition) is 1. The number of nitrogens with zero attached hydrogens (tertiary/aromatic N) is 3. The Morgan fingerprint density at radius 2 is 2.41 bits per heavy atom. The van der Waals surface area contributed by atoms with Gasteiger partial charge in [-0.1, -0.05) is 6.08 Å². The molecule has 6 heteroatoms. The molecule has 1 fully saturated rings. The van der Waals surface area contributed by atoms with Gasteiger partial charge in [-0.2, -0.15) is 9.97 Å². The highest BCUT2D eigenvalue weighted by Gasteiger charge is 2.30. The lowest BCUT2D eigenvalue weighted by molar-refractivity contribution is -0.117. The summed E-state index contributed by atoms with van der Waals surface area (Å²) in [5.41, 5.74) is 5.55. The Hall–Kier alpha value is -2.11. The Balaban J connectivity index is 2.31. The number of carbonyl (C=O) groups excluding carboxylic acids is 1. The summed E-state index contributed by atoms with van der Waals surface area (Å²) in [6, 6.07) is 1.60. The van der Waals surface area contributed by atoms with Gasteiger partial charge < -0.3 is 10.5 Å². The molecule has 1 aliphatic rings. The summed E-state index contributed by atoms with van der Waals surface area (Å²) < 4.78 is 4.99. The Morgan fingerprint density at radius 1 is 1.65 bits per heavy atom. The summed E-state index contributed by atoms with van der Waals surface area (Å²) in [4.78, 5) is 21.3. The van der Waals surface area contributed by atoms with E-state index < -0.39 is 0 Å². The fourth-order valence-electron chi connectivity index (χ4n) is 1.79. The molecule has 2 rings (SSSR count). The minimum absolute atomic E-state index is 0.00931. The second kappa shape index (κ2) is 4.40. The molecule has 0 bridgehead atoms. The Kier molecular flexibility index (Phi) is 2.95. The van der Waals surface area contributed by atoms with Crippen LogP contribution in [0.5, 0.6) is 5.88 Å². The van der Waals surface area contributed by atoms with E-state index in [9.17, 15) is 4.79 Å². The number of nitrogens with two attached hydrogens (primary N) is 1. The van der Waals surface area contributed by atoms with Gasteiger partial charge in [-0.15, -0.1) is 6.58 Å². The highest BCUT2D eigenvalue weighted by molar-refractivity contribution is 5.95. The Labute approximate surface area is 99.1 Å². The van der Waals surface area contributed by atoms with Crippen molar-refractivity contribution in [2.24, 2.45) is 5.92 Å². The third-order valence-electron chi connectivity index (χ3n) is 2.68. The largest absolute Gasteiger partial charge is 0.481 e. The zero-order valence-electron chi connectivity index (χ0n) is 9.59. The molecule has 0 aromatic carbocycles.